The maximum Gasteiger partial charge on any atom is 0.323 e. The number of ether oxygens (including phenoxy) is 1. The van der Waals surface area contributed by atoms with Crippen molar-refractivity contribution in [2.45, 2.75) is 6.42 Å². The molecule has 1 fully saturated rings. The molecule has 1 aliphatic rings. The molecule has 33 heavy (non-hydrogen) atoms. The van der Waals surface area contributed by atoms with E-state index in [0.29, 0.717) is 35.0 Å². The van der Waals surface area contributed by atoms with Crippen LogP contribution >= 0.6 is 0 Å². The van der Waals surface area contributed by atoms with Gasteiger partial charge in [0, 0.05) is 41.8 Å². The van der Waals surface area contributed by atoms with Crippen LogP contribution in [0.2, 0.25) is 0 Å². The summed E-state index contributed by atoms with van der Waals surface area (Å²) in [5, 5.41) is 8.33. The van der Waals surface area contributed by atoms with Gasteiger partial charge >= 0.3 is 6.03 Å². The van der Waals surface area contributed by atoms with Gasteiger partial charge < -0.3 is 25.6 Å². The summed E-state index contributed by atoms with van der Waals surface area (Å²) < 4.78 is 5.22. The van der Waals surface area contributed by atoms with Crippen LogP contribution in [-0.4, -0.2) is 31.5 Å². The first kappa shape index (κ1) is 21.9. The van der Waals surface area contributed by atoms with Crippen LogP contribution in [0.4, 0.5) is 27.5 Å². The minimum atomic E-state index is -0.460. The molecular formula is C25H24N4O4. The van der Waals surface area contributed by atoms with Crippen LogP contribution in [-0.2, 0) is 9.59 Å². The minimum absolute atomic E-state index is 0.104. The van der Waals surface area contributed by atoms with Crippen LogP contribution in [0, 0.1) is 5.92 Å². The number of nitrogens with zero attached hydrogens (tertiary/aromatic N) is 1. The van der Waals surface area contributed by atoms with Crippen LogP contribution < -0.4 is 25.6 Å². The van der Waals surface area contributed by atoms with Crippen molar-refractivity contribution in [1.82, 2.24) is 0 Å². The van der Waals surface area contributed by atoms with Gasteiger partial charge in [-0.25, -0.2) is 4.79 Å². The zero-order chi connectivity index (χ0) is 23.2. The number of amides is 4. The van der Waals surface area contributed by atoms with E-state index >= 15 is 0 Å². The average molecular weight is 444 g/mol. The number of carbonyl (C=O) groups is 3. The highest BCUT2D eigenvalue weighted by Crippen LogP contribution is 2.28. The molecule has 4 rings (SSSR count). The summed E-state index contributed by atoms with van der Waals surface area (Å²) in [5.74, 6) is -0.138. The predicted octanol–water partition coefficient (Wildman–Crippen LogP) is 4.33. The van der Waals surface area contributed by atoms with Gasteiger partial charge in [0.15, 0.2) is 0 Å². The number of hydrogen-bond acceptors (Lipinski definition) is 4. The number of para-hydroxylation sites is 1. The summed E-state index contributed by atoms with van der Waals surface area (Å²) in [6.07, 6.45) is 0.141. The number of urea groups is 1. The van der Waals surface area contributed by atoms with Gasteiger partial charge in [-0.15, -0.1) is 0 Å². The van der Waals surface area contributed by atoms with Crippen LogP contribution in [0.15, 0.2) is 78.9 Å². The number of nitrogens with one attached hydrogen (secondary N) is 3. The molecule has 0 bridgehead atoms. The first-order chi connectivity index (χ1) is 16.0. The lowest BCUT2D eigenvalue weighted by molar-refractivity contribution is -0.122. The molecule has 8 nitrogen and oxygen atoms in total. The van der Waals surface area contributed by atoms with E-state index in [1.165, 1.54) is 0 Å². The van der Waals surface area contributed by atoms with E-state index in [-0.39, 0.29) is 24.3 Å². The fraction of sp³-hybridized carbons (Fsp3) is 0.160. The third-order valence-corrected chi connectivity index (χ3v) is 5.30. The van der Waals surface area contributed by atoms with Gasteiger partial charge in [0.1, 0.15) is 5.75 Å². The molecule has 0 spiro atoms. The van der Waals surface area contributed by atoms with Crippen molar-refractivity contribution in [2.75, 3.05) is 34.5 Å². The van der Waals surface area contributed by atoms with Gasteiger partial charge in [-0.3, -0.25) is 9.59 Å². The largest absolute Gasteiger partial charge is 0.497 e. The second-order valence-electron chi connectivity index (χ2n) is 7.62. The Morgan fingerprint density at radius 1 is 0.848 bits per heavy atom. The van der Waals surface area contributed by atoms with E-state index in [1.807, 2.05) is 30.3 Å². The van der Waals surface area contributed by atoms with Crippen molar-refractivity contribution in [2.24, 2.45) is 5.92 Å². The number of carbonyl (C=O) groups excluding carboxylic acids is 3. The van der Waals surface area contributed by atoms with E-state index in [2.05, 4.69) is 16.0 Å². The molecule has 1 heterocycles. The normalized spacial score (nSPS) is 15.1. The van der Waals surface area contributed by atoms with Gasteiger partial charge in [0.05, 0.1) is 13.0 Å². The molecule has 1 unspecified atom stereocenters. The third-order valence-electron chi connectivity index (χ3n) is 5.30. The SMILES string of the molecule is COc1cccc(N2CC(C(=O)Nc3ccc(NC(=O)Nc4ccccc4)cc3)CC2=O)c1. The molecule has 168 valence electrons. The average Bonchev–Trinajstić information content (AvgIpc) is 3.23. The highest BCUT2D eigenvalue weighted by atomic mass is 16.5. The Labute approximate surface area is 191 Å². The quantitative estimate of drug-likeness (QED) is 0.527. The standard InChI is InChI=1S/C25H24N4O4/c1-33-22-9-5-8-21(15-22)29-16-17(14-23(29)30)24(31)26-19-10-12-20(13-11-19)28-25(32)27-18-6-3-2-4-7-18/h2-13,15,17H,14,16H2,1H3,(H,26,31)(H2,27,28,32). The van der Waals surface area contributed by atoms with Crippen LogP contribution in [0.25, 0.3) is 0 Å². The Morgan fingerprint density at radius 2 is 1.48 bits per heavy atom. The highest BCUT2D eigenvalue weighted by Gasteiger charge is 2.35. The summed E-state index contributed by atoms with van der Waals surface area (Å²) in [7, 11) is 1.57. The zero-order valence-electron chi connectivity index (χ0n) is 18.1. The number of hydrogen-bond donors (Lipinski definition) is 3. The molecule has 1 atom stereocenters. The molecule has 1 saturated heterocycles. The van der Waals surface area contributed by atoms with Crippen molar-refractivity contribution < 1.29 is 19.1 Å². The van der Waals surface area contributed by atoms with Gasteiger partial charge in [-0.2, -0.15) is 0 Å². The van der Waals surface area contributed by atoms with E-state index in [1.54, 1.807) is 60.5 Å². The number of methoxy groups -OCH3 is 1. The molecule has 4 amide bonds. The van der Waals surface area contributed by atoms with E-state index in [4.69, 9.17) is 4.74 Å². The summed E-state index contributed by atoms with van der Waals surface area (Å²) in [6.45, 7) is 0.303. The van der Waals surface area contributed by atoms with Crippen LogP contribution in [0.3, 0.4) is 0 Å². The van der Waals surface area contributed by atoms with Crippen molar-refractivity contribution >= 4 is 40.6 Å². The third kappa shape index (κ3) is 5.48. The summed E-state index contributed by atoms with van der Waals surface area (Å²) in [5.41, 5.74) is 2.56. The molecule has 3 aromatic carbocycles. The molecular weight excluding hydrogens is 420 g/mol. The fourth-order valence-electron chi connectivity index (χ4n) is 3.61. The Morgan fingerprint density at radius 3 is 2.15 bits per heavy atom. The summed E-state index contributed by atoms with van der Waals surface area (Å²) in [6, 6.07) is 22.8. The zero-order valence-corrected chi connectivity index (χ0v) is 18.1. The molecule has 0 saturated carbocycles. The van der Waals surface area contributed by atoms with Gasteiger partial charge in [0.2, 0.25) is 11.8 Å². The molecule has 0 aromatic heterocycles. The molecule has 0 aliphatic carbocycles. The van der Waals surface area contributed by atoms with Crippen molar-refractivity contribution in [3.63, 3.8) is 0 Å². The smallest absolute Gasteiger partial charge is 0.323 e. The Kier molecular flexibility index (Phi) is 6.54. The van der Waals surface area contributed by atoms with Crippen LogP contribution in [0.1, 0.15) is 6.42 Å². The van der Waals surface area contributed by atoms with Gasteiger partial charge in [0.25, 0.3) is 0 Å². The van der Waals surface area contributed by atoms with Crippen molar-refractivity contribution in [3.05, 3.63) is 78.9 Å². The van der Waals surface area contributed by atoms with Gasteiger partial charge in [-0.05, 0) is 48.5 Å². The van der Waals surface area contributed by atoms with Crippen molar-refractivity contribution in [1.29, 1.82) is 0 Å². The molecule has 3 aromatic rings. The molecule has 3 N–H and O–H groups in total. The van der Waals surface area contributed by atoms with E-state index < -0.39 is 5.92 Å². The Hall–Kier alpha value is -4.33. The Bertz CT molecular complexity index is 1150. The highest BCUT2D eigenvalue weighted by molar-refractivity contribution is 6.04. The maximum atomic E-state index is 12.7. The summed E-state index contributed by atoms with van der Waals surface area (Å²) >= 11 is 0. The lowest BCUT2D eigenvalue weighted by Gasteiger charge is -2.17. The topological polar surface area (TPSA) is 99.8 Å². The summed E-state index contributed by atoms with van der Waals surface area (Å²) in [4.78, 5) is 38.9. The van der Waals surface area contributed by atoms with Crippen LogP contribution in [0.5, 0.6) is 5.75 Å². The van der Waals surface area contributed by atoms with Crippen molar-refractivity contribution in [3.8, 4) is 5.75 Å². The predicted molar refractivity (Wildman–Crippen MR) is 128 cm³/mol. The monoisotopic (exact) mass is 444 g/mol. The van der Waals surface area contributed by atoms with Gasteiger partial charge in [-0.1, -0.05) is 24.3 Å². The van der Waals surface area contributed by atoms with E-state index in [0.717, 1.165) is 0 Å². The Balaban J connectivity index is 1.32. The lowest BCUT2D eigenvalue weighted by atomic mass is 10.1. The maximum absolute atomic E-state index is 12.7. The number of anilines is 4. The lowest BCUT2D eigenvalue weighted by Crippen LogP contribution is -2.28. The molecule has 1 aliphatic heterocycles. The minimum Gasteiger partial charge on any atom is -0.497 e. The molecule has 8 heteroatoms. The molecule has 0 radical (unpaired) electrons. The second-order valence-corrected chi connectivity index (χ2v) is 7.62. The first-order valence-electron chi connectivity index (χ1n) is 10.5. The fourth-order valence-corrected chi connectivity index (χ4v) is 3.61. The van der Waals surface area contributed by atoms with E-state index in [9.17, 15) is 14.4 Å². The number of rotatable bonds is 6. The number of benzene rings is 3. The second kappa shape index (κ2) is 9.86. The first-order valence-corrected chi connectivity index (χ1v) is 10.5.